The fourth-order valence-corrected chi connectivity index (χ4v) is 3.80. The Balaban J connectivity index is 2.42. The van der Waals surface area contributed by atoms with Crippen LogP contribution in [0.1, 0.15) is 0 Å². The molecule has 0 amide bonds. The second-order valence-electron chi connectivity index (χ2n) is 4.66. The Morgan fingerprint density at radius 3 is 2.60 bits per heavy atom. The number of benzene rings is 1. The standard InChI is InChI=1S/C12H15FN2O4S/c1-14-6-7-15(10(8-14)12(16)17)20(18,19)11-5-3-2-4-9(11)13/h2-5,10H,6-8H2,1H3,(H,16,17). The summed E-state index contributed by atoms with van der Waals surface area (Å²) in [5, 5.41) is 9.18. The molecule has 110 valence electrons. The van der Waals surface area contributed by atoms with Gasteiger partial charge in [-0.15, -0.1) is 0 Å². The highest BCUT2D eigenvalue weighted by Gasteiger charge is 2.40. The van der Waals surface area contributed by atoms with Gasteiger partial charge in [-0.3, -0.25) is 4.79 Å². The van der Waals surface area contributed by atoms with E-state index in [1.54, 1.807) is 11.9 Å². The minimum absolute atomic E-state index is 0.0180. The number of rotatable bonds is 3. The maximum Gasteiger partial charge on any atom is 0.323 e. The number of piperazine rings is 1. The molecule has 0 saturated carbocycles. The molecular formula is C12H15FN2O4S. The van der Waals surface area contributed by atoms with Gasteiger partial charge in [0, 0.05) is 19.6 Å². The smallest absolute Gasteiger partial charge is 0.323 e. The van der Waals surface area contributed by atoms with Crippen LogP contribution in [0.25, 0.3) is 0 Å². The number of aliphatic carboxylic acids is 1. The third-order valence-electron chi connectivity index (χ3n) is 3.24. The SMILES string of the molecule is CN1CCN(S(=O)(=O)c2ccccc2F)C(C(=O)O)C1. The summed E-state index contributed by atoms with van der Waals surface area (Å²) in [6.07, 6.45) is 0. The normalized spacial score (nSPS) is 21.8. The van der Waals surface area contributed by atoms with E-state index in [1.807, 2.05) is 0 Å². The van der Waals surface area contributed by atoms with Crippen LogP contribution in [-0.4, -0.2) is 61.4 Å². The van der Waals surface area contributed by atoms with Gasteiger partial charge in [0.15, 0.2) is 0 Å². The molecule has 2 rings (SSSR count). The lowest BCUT2D eigenvalue weighted by Crippen LogP contribution is -2.57. The van der Waals surface area contributed by atoms with Crippen LogP contribution in [-0.2, 0) is 14.8 Å². The van der Waals surface area contributed by atoms with Gasteiger partial charge in [-0.1, -0.05) is 12.1 Å². The molecule has 1 unspecified atom stereocenters. The van der Waals surface area contributed by atoms with Crippen molar-refractivity contribution in [1.82, 2.24) is 9.21 Å². The van der Waals surface area contributed by atoms with E-state index in [0.29, 0.717) is 6.54 Å². The molecule has 1 saturated heterocycles. The first-order chi connectivity index (χ1) is 9.34. The van der Waals surface area contributed by atoms with Gasteiger partial charge in [0.05, 0.1) is 0 Å². The fourth-order valence-electron chi connectivity index (χ4n) is 2.17. The predicted octanol–water partition coefficient (Wildman–Crippen LogP) is 0.215. The van der Waals surface area contributed by atoms with Crippen LogP contribution in [0.2, 0.25) is 0 Å². The lowest BCUT2D eigenvalue weighted by Gasteiger charge is -2.36. The molecule has 1 aliphatic rings. The molecule has 0 aliphatic carbocycles. The van der Waals surface area contributed by atoms with E-state index in [9.17, 15) is 22.7 Å². The number of carbonyl (C=O) groups is 1. The summed E-state index contributed by atoms with van der Waals surface area (Å²) in [6.45, 7) is 0.491. The molecule has 1 N–H and O–H groups in total. The minimum Gasteiger partial charge on any atom is -0.480 e. The molecule has 0 bridgehead atoms. The van der Waals surface area contributed by atoms with Gasteiger partial charge in [0.1, 0.15) is 16.8 Å². The highest BCUT2D eigenvalue weighted by molar-refractivity contribution is 7.89. The van der Waals surface area contributed by atoms with Crippen molar-refractivity contribution in [3.63, 3.8) is 0 Å². The first-order valence-electron chi connectivity index (χ1n) is 6.02. The van der Waals surface area contributed by atoms with Crippen molar-refractivity contribution in [2.24, 2.45) is 0 Å². The molecule has 0 aromatic heterocycles. The zero-order chi connectivity index (χ0) is 14.9. The highest BCUT2D eigenvalue weighted by atomic mass is 32.2. The Morgan fingerprint density at radius 2 is 2.00 bits per heavy atom. The lowest BCUT2D eigenvalue weighted by molar-refractivity contribution is -0.143. The van der Waals surface area contributed by atoms with Crippen molar-refractivity contribution in [1.29, 1.82) is 0 Å². The molecule has 1 fully saturated rings. The lowest BCUT2D eigenvalue weighted by atomic mass is 10.2. The van der Waals surface area contributed by atoms with Crippen molar-refractivity contribution in [2.45, 2.75) is 10.9 Å². The van der Waals surface area contributed by atoms with Crippen LogP contribution in [0.5, 0.6) is 0 Å². The van der Waals surface area contributed by atoms with Crippen LogP contribution in [0.15, 0.2) is 29.2 Å². The number of hydrogen-bond donors (Lipinski definition) is 1. The van der Waals surface area contributed by atoms with Gasteiger partial charge in [-0.25, -0.2) is 12.8 Å². The molecule has 1 aliphatic heterocycles. The summed E-state index contributed by atoms with van der Waals surface area (Å²) in [5.41, 5.74) is 0. The molecule has 0 spiro atoms. The van der Waals surface area contributed by atoms with Crippen LogP contribution >= 0.6 is 0 Å². The topological polar surface area (TPSA) is 77.9 Å². The van der Waals surface area contributed by atoms with Gasteiger partial charge < -0.3 is 10.0 Å². The number of sulfonamides is 1. The molecule has 1 aromatic rings. The monoisotopic (exact) mass is 302 g/mol. The summed E-state index contributed by atoms with van der Waals surface area (Å²) in [4.78, 5) is 12.5. The third kappa shape index (κ3) is 2.67. The molecule has 20 heavy (non-hydrogen) atoms. The zero-order valence-corrected chi connectivity index (χ0v) is 11.7. The Kier molecular flexibility index (Phi) is 4.07. The minimum atomic E-state index is -4.16. The molecule has 1 heterocycles. The van der Waals surface area contributed by atoms with Crippen molar-refractivity contribution >= 4 is 16.0 Å². The number of halogens is 1. The summed E-state index contributed by atoms with van der Waals surface area (Å²) in [6, 6.07) is 3.76. The molecule has 8 heteroatoms. The maximum absolute atomic E-state index is 13.7. The number of likely N-dealkylation sites (N-methyl/N-ethyl adjacent to an activating group) is 1. The van der Waals surface area contributed by atoms with Gasteiger partial charge in [-0.05, 0) is 19.2 Å². The van der Waals surface area contributed by atoms with E-state index >= 15 is 0 Å². The summed E-state index contributed by atoms with van der Waals surface area (Å²) in [7, 11) is -2.45. The zero-order valence-electron chi connectivity index (χ0n) is 10.9. The first kappa shape index (κ1) is 14.9. The van der Waals surface area contributed by atoms with E-state index in [-0.39, 0.29) is 13.1 Å². The molecule has 1 atom stereocenters. The summed E-state index contributed by atoms with van der Waals surface area (Å²) >= 11 is 0. The average Bonchev–Trinajstić information content (AvgIpc) is 2.38. The van der Waals surface area contributed by atoms with Gasteiger partial charge in [0.25, 0.3) is 0 Å². The first-order valence-corrected chi connectivity index (χ1v) is 7.46. The summed E-state index contributed by atoms with van der Waals surface area (Å²) in [5.74, 6) is -2.12. The Morgan fingerprint density at radius 1 is 1.35 bits per heavy atom. The highest BCUT2D eigenvalue weighted by Crippen LogP contribution is 2.23. The van der Waals surface area contributed by atoms with E-state index in [4.69, 9.17) is 0 Å². The largest absolute Gasteiger partial charge is 0.480 e. The second kappa shape index (κ2) is 5.47. The maximum atomic E-state index is 13.7. The average molecular weight is 302 g/mol. The van der Waals surface area contributed by atoms with Gasteiger partial charge in [0.2, 0.25) is 10.0 Å². The number of carboxylic acid groups (broad SMARTS) is 1. The van der Waals surface area contributed by atoms with Crippen molar-refractivity contribution in [2.75, 3.05) is 26.7 Å². The predicted molar refractivity (Wildman–Crippen MR) is 69.2 cm³/mol. The van der Waals surface area contributed by atoms with E-state index in [0.717, 1.165) is 16.4 Å². The number of hydrogen-bond acceptors (Lipinski definition) is 4. The quantitative estimate of drug-likeness (QED) is 0.864. The summed E-state index contributed by atoms with van der Waals surface area (Å²) < 4.78 is 39.4. The van der Waals surface area contributed by atoms with Crippen LogP contribution in [0.4, 0.5) is 4.39 Å². The Bertz CT molecular complexity index is 620. The van der Waals surface area contributed by atoms with Gasteiger partial charge >= 0.3 is 5.97 Å². The van der Waals surface area contributed by atoms with Crippen LogP contribution < -0.4 is 0 Å². The number of carboxylic acids is 1. The third-order valence-corrected chi connectivity index (χ3v) is 5.18. The van der Waals surface area contributed by atoms with Gasteiger partial charge in [-0.2, -0.15) is 4.31 Å². The van der Waals surface area contributed by atoms with E-state index in [1.165, 1.54) is 12.1 Å². The molecular weight excluding hydrogens is 287 g/mol. The van der Waals surface area contributed by atoms with Crippen LogP contribution in [0, 0.1) is 5.82 Å². The second-order valence-corrected chi connectivity index (χ2v) is 6.52. The van der Waals surface area contributed by atoms with Crippen LogP contribution in [0.3, 0.4) is 0 Å². The molecule has 1 aromatic carbocycles. The molecule has 0 radical (unpaired) electrons. The number of nitrogens with zero attached hydrogens (tertiary/aromatic N) is 2. The Hall–Kier alpha value is -1.51. The van der Waals surface area contributed by atoms with E-state index in [2.05, 4.69) is 0 Å². The van der Waals surface area contributed by atoms with E-state index < -0.39 is 32.7 Å². The van der Waals surface area contributed by atoms with Crippen molar-refractivity contribution in [3.05, 3.63) is 30.1 Å². The van der Waals surface area contributed by atoms with Crippen molar-refractivity contribution < 1.29 is 22.7 Å². The fraction of sp³-hybridized carbons (Fsp3) is 0.417. The van der Waals surface area contributed by atoms with Crippen molar-refractivity contribution in [3.8, 4) is 0 Å². The molecule has 6 nitrogen and oxygen atoms in total. The Labute approximate surface area is 116 Å².